The van der Waals surface area contributed by atoms with Gasteiger partial charge >= 0.3 is 13.2 Å². The van der Waals surface area contributed by atoms with Gasteiger partial charge in [-0.15, -0.1) is 11.3 Å². The zero-order valence-electron chi connectivity index (χ0n) is 16.4. The van der Waals surface area contributed by atoms with E-state index in [2.05, 4.69) is 10.7 Å². The molecule has 0 radical (unpaired) electrons. The lowest BCUT2D eigenvalue weighted by Gasteiger charge is -2.32. The molecule has 1 aromatic carbocycles. The van der Waals surface area contributed by atoms with Gasteiger partial charge in [0.25, 0.3) is 0 Å². The lowest BCUT2D eigenvalue weighted by Crippen LogP contribution is -2.41. The maximum atomic E-state index is 12.0. The van der Waals surface area contributed by atoms with Gasteiger partial charge in [0.1, 0.15) is 5.60 Å². The summed E-state index contributed by atoms with van der Waals surface area (Å²) < 4.78 is 18.8. The standard InChI is InChI=1S/C19H26BNO4S/c1-17(2,3)23-16(22)21-12-8-9-15-13(10-12)14(11-26-15)20-24-18(4,5)19(6,7)25-20/h8-11H,1-7H3,(H,21,22). The summed E-state index contributed by atoms with van der Waals surface area (Å²) in [6, 6.07) is 5.80. The third kappa shape index (κ3) is 3.75. The molecule has 0 atom stereocenters. The molecule has 1 aliphatic rings. The van der Waals surface area contributed by atoms with Crippen LogP contribution in [-0.2, 0) is 14.0 Å². The van der Waals surface area contributed by atoms with Crippen molar-refractivity contribution in [3.8, 4) is 0 Å². The van der Waals surface area contributed by atoms with Crippen LogP contribution in [0.4, 0.5) is 10.5 Å². The maximum absolute atomic E-state index is 12.0. The van der Waals surface area contributed by atoms with Gasteiger partial charge in [-0.05, 0) is 77.4 Å². The second-order valence-corrected chi connectivity index (χ2v) is 9.53. The van der Waals surface area contributed by atoms with Crippen LogP contribution in [0.15, 0.2) is 23.6 Å². The van der Waals surface area contributed by atoms with E-state index in [1.54, 1.807) is 11.3 Å². The van der Waals surface area contributed by atoms with Crippen LogP contribution in [0.25, 0.3) is 10.1 Å². The predicted octanol–water partition coefficient (Wildman–Crippen LogP) is 4.55. The Balaban J connectivity index is 1.87. The highest BCUT2D eigenvalue weighted by molar-refractivity contribution is 7.18. The van der Waals surface area contributed by atoms with Crippen molar-refractivity contribution >= 4 is 45.8 Å². The second kappa shape index (κ2) is 6.25. The van der Waals surface area contributed by atoms with Crippen LogP contribution < -0.4 is 10.8 Å². The Morgan fingerprint density at radius 1 is 1.15 bits per heavy atom. The number of ether oxygens (including phenoxy) is 1. The summed E-state index contributed by atoms with van der Waals surface area (Å²) in [4.78, 5) is 12.0. The molecule has 0 saturated carbocycles. The van der Waals surface area contributed by atoms with Crippen LogP contribution in [0.5, 0.6) is 0 Å². The molecule has 1 aliphatic heterocycles. The van der Waals surface area contributed by atoms with Crippen molar-refractivity contribution in [3.05, 3.63) is 23.6 Å². The smallest absolute Gasteiger partial charge is 0.444 e. The molecule has 0 unspecified atom stereocenters. The van der Waals surface area contributed by atoms with E-state index in [0.717, 1.165) is 15.5 Å². The molecule has 0 aliphatic carbocycles. The van der Waals surface area contributed by atoms with Gasteiger partial charge in [-0.1, -0.05) is 0 Å². The molecule has 5 nitrogen and oxygen atoms in total. The first-order valence-corrected chi connectivity index (χ1v) is 9.63. The number of carbonyl (C=O) groups excluding carboxylic acids is 1. The van der Waals surface area contributed by atoms with E-state index in [1.807, 2.05) is 66.7 Å². The number of thiophene rings is 1. The first kappa shape index (κ1) is 19.2. The van der Waals surface area contributed by atoms with Gasteiger partial charge in [0.15, 0.2) is 0 Å². The molecular formula is C19H26BNO4S. The molecular weight excluding hydrogens is 349 g/mol. The molecule has 1 saturated heterocycles. The summed E-state index contributed by atoms with van der Waals surface area (Å²) in [6.07, 6.45) is -0.468. The van der Waals surface area contributed by atoms with Gasteiger partial charge in [-0.2, -0.15) is 0 Å². The Morgan fingerprint density at radius 3 is 2.35 bits per heavy atom. The quantitative estimate of drug-likeness (QED) is 0.783. The zero-order valence-corrected chi connectivity index (χ0v) is 17.2. The van der Waals surface area contributed by atoms with Crippen LogP contribution in [0, 0.1) is 0 Å². The van der Waals surface area contributed by atoms with E-state index < -0.39 is 30.0 Å². The monoisotopic (exact) mass is 375 g/mol. The van der Waals surface area contributed by atoms with Crippen molar-refractivity contribution < 1.29 is 18.8 Å². The third-order valence-corrected chi connectivity index (χ3v) is 5.74. The Bertz CT molecular complexity index is 822. The highest BCUT2D eigenvalue weighted by Gasteiger charge is 2.52. The number of anilines is 1. The molecule has 26 heavy (non-hydrogen) atoms. The molecule has 7 heteroatoms. The fourth-order valence-corrected chi connectivity index (χ4v) is 3.64. The van der Waals surface area contributed by atoms with Gasteiger partial charge in [0.05, 0.1) is 11.2 Å². The molecule has 2 heterocycles. The fourth-order valence-electron chi connectivity index (χ4n) is 2.70. The van der Waals surface area contributed by atoms with E-state index in [1.165, 1.54) is 0 Å². The number of rotatable bonds is 2. The number of benzene rings is 1. The molecule has 1 aromatic heterocycles. The summed E-state index contributed by atoms with van der Waals surface area (Å²) in [5, 5.41) is 5.87. The Kier molecular flexibility index (Phi) is 4.62. The zero-order chi connectivity index (χ0) is 19.3. The van der Waals surface area contributed by atoms with E-state index >= 15 is 0 Å². The van der Waals surface area contributed by atoms with Crippen LogP contribution >= 0.6 is 11.3 Å². The topological polar surface area (TPSA) is 56.8 Å². The number of carbonyl (C=O) groups is 1. The van der Waals surface area contributed by atoms with Crippen LogP contribution in [0.2, 0.25) is 0 Å². The van der Waals surface area contributed by atoms with Gasteiger partial charge < -0.3 is 14.0 Å². The number of amides is 1. The number of hydrogen-bond donors (Lipinski definition) is 1. The fraction of sp³-hybridized carbons (Fsp3) is 0.526. The minimum atomic E-state index is -0.537. The first-order chi connectivity index (χ1) is 11.9. The molecule has 1 fully saturated rings. The molecule has 1 N–H and O–H groups in total. The summed E-state index contributed by atoms with van der Waals surface area (Å²) >= 11 is 1.63. The summed E-state index contributed by atoms with van der Waals surface area (Å²) in [5.41, 5.74) is 0.348. The van der Waals surface area contributed by atoms with Crippen LogP contribution in [-0.4, -0.2) is 30.0 Å². The van der Waals surface area contributed by atoms with Gasteiger partial charge in [-0.3, -0.25) is 5.32 Å². The summed E-state index contributed by atoms with van der Waals surface area (Å²) in [7, 11) is -0.425. The van der Waals surface area contributed by atoms with E-state index in [0.29, 0.717) is 5.69 Å². The van der Waals surface area contributed by atoms with Crippen LogP contribution in [0.3, 0.4) is 0 Å². The summed E-state index contributed by atoms with van der Waals surface area (Å²) in [5.74, 6) is 0. The van der Waals surface area contributed by atoms with Crippen LogP contribution in [0.1, 0.15) is 48.5 Å². The Hall–Kier alpha value is -1.57. The van der Waals surface area contributed by atoms with E-state index in [4.69, 9.17) is 14.0 Å². The molecule has 1 amide bonds. The highest BCUT2D eigenvalue weighted by Crippen LogP contribution is 2.37. The third-order valence-electron chi connectivity index (χ3n) is 4.76. The largest absolute Gasteiger partial charge is 0.496 e. The number of hydrogen-bond acceptors (Lipinski definition) is 5. The number of nitrogens with one attached hydrogen (secondary N) is 1. The number of fused-ring (bicyclic) bond motifs is 1. The lowest BCUT2D eigenvalue weighted by atomic mass is 9.79. The minimum Gasteiger partial charge on any atom is -0.444 e. The molecule has 2 aromatic rings. The predicted molar refractivity (Wildman–Crippen MR) is 107 cm³/mol. The Labute approximate surface area is 159 Å². The second-order valence-electron chi connectivity index (χ2n) is 8.62. The first-order valence-electron chi connectivity index (χ1n) is 8.75. The van der Waals surface area contributed by atoms with Gasteiger partial charge in [-0.25, -0.2) is 4.79 Å². The van der Waals surface area contributed by atoms with E-state index in [9.17, 15) is 4.79 Å². The highest BCUT2D eigenvalue weighted by atomic mass is 32.1. The lowest BCUT2D eigenvalue weighted by molar-refractivity contribution is 0.00578. The Morgan fingerprint density at radius 2 is 1.77 bits per heavy atom. The van der Waals surface area contributed by atoms with Crippen molar-refractivity contribution in [1.29, 1.82) is 0 Å². The SMILES string of the molecule is CC(C)(C)OC(=O)Nc1ccc2scc(B3OC(C)(C)C(C)(C)O3)c2c1. The minimum absolute atomic E-state index is 0.391. The van der Waals surface area contributed by atoms with Crippen molar-refractivity contribution in [2.75, 3.05) is 5.32 Å². The average molecular weight is 375 g/mol. The maximum Gasteiger partial charge on any atom is 0.496 e. The molecule has 140 valence electrons. The van der Waals surface area contributed by atoms with E-state index in [-0.39, 0.29) is 0 Å². The van der Waals surface area contributed by atoms with Gasteiger partial charge in [0.2, 0.25) is 0 Å². The van der Waals surface area contributed by atoms with Gasteiger partial charge in [0, 0.05) is 15.9 Å². The molecule has 0 bridgehead atoms. The normalized spacial score (nSPS) is 19.0. The average Bonchev–Trinajstić information content (AvgIpc) is 2.95. The van der Waals surface area contributed by atoms with Crippen molar-refractivity contribution in [2.24, 2.45) is 0 Å². The van der Waals surface area contributed by atoms with Crippen molar-refractivity contribution in [3.63, 3.8) is 0 Å². The summed E-state index contributed by atoms with van der Waals surface area (Å²) in [6.45, 7) is 13.7. The molecule has 3 rings (SSSR count). The van der Waals surface area contributed by atoms with Crippen molar-refractivity contribution in [2.45, 2.75) is 65.3 Å². The van der Waals surface area contributed by atoms with Crippen molar-refractivity contribution in [1.82, 2.24) is 0 Å². The molecule has 0 spiro atoms.